The topological polar surface area (TPSA) is 113 Å². The van der Waals surface area contributed by atoms with Crippen LogP contribution in [0.15, 0.2) is 77.7 Å². The summed E-state index contributed by atoms with van der Waals surface area (Å²) in [6, 6.07) is 16.2. The molecule has 0 saturated heterocycles. The average Bonchev–Trinajstić information content (AvgIpc) is 2.73. The molecule has 0 aliphatic carbocycles. The van der Waals surface area contributed by atoms with E-state index >= 15 is 0 Å². The molecule has 174 valence electrons. The van der Waals surface area contributed by atoms with Crippen LogP contribution < -0.4 is 14.3 Å². The summed E-state index contributed by atoms with van der Waals surface area (Å²) in [7, 11) is -7.71. The van der Waals surface area contributed by atoms with Gasteiger partial charge >= 0.3 is 0 Å². The zero-order valence-corrected chi connectivity index (χ0v) is 19.6. The van der Waals surface area contributed by atoms with E-state index in [-0.39, 0.29) is 22.0 Å². The highest BCUT2D eigenvalue weighted by Crippen LogP contribution is 2.22. The van der Waals surface area contributed by atoms with Crippen LogP contribution >= 0.6 is 11.6 Å². The highest BCUT2D eigenvalue weighted by Gasteiger charge is 2.21. The van der Waals surface area contributed by atoms with Crippen LogP contribution in [0.5, 0.6) is 0 Å². The smallest absolute Gasteiger partial charge is 0.261 e. The number of carbonyl (C=O) groups is 1. The van der Waals surface area contributed by atoms with Crippen molar-refractivity contribution in [2.75, 3.05) is 27.1 Å². The summed E-state index contributed by atoms with van der Waals surface area (Å²) in [5.74, 6) is -1.14. The zero-order valence-electron chi connectivity index (χ0n) is 17.2. The molecule has 0 fully saturated rings. The fraction of sp³-hybridized carbons (Fsp3) is 0.0952. The molecule has 33 heavy (non-hydrogen) atoms. The Morgan fingerprint density at radius 1 is 0.939 bits per heavy atom. The first-order valence-electron chi connectivity index (χ1n) is 9.36. The van der Waals surface area contributed by atoms with E-state index in [2.05, 4.69) is 10.0 Å². The fourth-order valence-electron chi connectivity index (χ4n) is 2.81. The van der Waals surface area contributed by atoms with Crippen molar-refractivity contribution in [1.82, 2.24) is 0 Å². The van der Waals surface area contributed by atoms with Gasteiger partial charge in [-0.15, -0.1) is 0 Å². The summed E-state index contributed by atoms with van der Waals surface area (Å²) in [6.45, 7) is -0.509. The van der Waals surface area contributed by atoms with Crippen molar-refractivity contribution >= 4 is 54.6 Å². The van der Waals surface area contributed by atoms with Gasteiger partial charge in [0.1, 0.15) is 12.4 Å². The first-order chi connectivity index (χ1) is 15.4. The molecule has 3 aromatic rings. The minimum Gasteiger partial charge on any atom is -0.325 e. The molecule has 0 heterocycles. The van der Waals surface area contributed by atoms with Crippen LogP contribution in [-0.4, -0.2) is 35.5 Å². The lowest BCUT2D eigenvalue weighted by Gasteiger charge is -2.22. The molecule has 0 atom stereocenters. The number of amides is 1. The first kappa shape index (κ1) is 24.5. The van der Waals surface area contributed by atoms with Crippen LogP contribution in [0.1, 0.15) is 0 Å². The monoisotopic (exact) mass is 511 g/mol. The lowest BCUT2D eigenvalue weighted by molar-refractivity contribution is -0.114. The Hall–Kier alpha value is -3.15. The molecule has 3 rings (SSSR count). The number of sulfonamides is 2. The van der Waals surface area contributed by atoms with Crippen molar-refractivity contribution in [3.05, 3.63) is 83.6 Å². The highest BCUT2D eigenvalue weighted by molar-refractivity contribution is 7.92. The number of nitrogens with zero attached hydrogens (tertiary/aromatic N) is 1. The van der Waals surface area contributed by atoms with Crippen molar-refractivity contribution < 1.29 is 26.0 Å². The van der Waals surface area contributed by atoms with Crippen LogP contribution in [0, 0.1) is 5.82 Å². The van der Waals surface area contributed by atoms with E-state index in [1.165, 1.54) is 48.5 Å². The number of benzene rings is 3. The second kappa shape index (κ2) is 9.77. The van der Waals surface area contributed by atoms with Gasteiger partial charge in [-0.1, -0.05) is 17.7 Å². The summed E-state index contributed by atoms with van der Waals surface area (Å²) >= 11 is 5.92. The number of hydrogen-bond acceptors (Lipinski definition) is 5. The Bertz CT molecular complexity index is 1360. The highest BCUT2D eigenvalue weighted by atomic mass is 35.5. The summed E-state index contributed by atoms with van der Waals surface area (Å²) in [5, 5.41) is 2.84. The third-order valence-electron chi connectivity index (χ3n) is 4.33. The Morgan fingerprint density at radius 2 is 1.55 bits per heavy atom. The molecule has 8 nitrogen and oxygen atoms in total. The van der Waals surface area contributed by atoms with E-state index in [9.17, 15) is 26.0 Å². The minimum atomic E-state index is -3.94. The van der Waals surface area contributed by atoms with Gasteiger partial charge in [-0.05, 0) is 66.7 Å². The predicted molar refractivity (Wildman–Crippen MR) is 126 cm³/mol. The SMILES string of the molecule is CS(=O)(=O)N(CC(=O)Nc1ccc(S(=O)(=O)Nc2ccc(F)cc2)cc1)c1cccc(Cl)c1. The second-order valence-corrected chi connectivity index (χ2v) is 11.0. The third-order valence-corrected chi connectivity index (χ3v) is 7.10. The molecule has 0 unspecified atom stereocenters. The molecule has 3 aromatic carbocycles. The van der Waals surface area contributed by atoms with Gasteiger partial charge in [0.05, 0.1) is 16.8 Å². The fourth-order valence-corrected chi connectivity index (χ4v) is 4.90. The van der Waals surface area contributed by atoms with Crippen LogP contribution in [0.2, 0.25) is 5.02 Å². The maximum atomic E-state index is 13.0. The molecule has 0 radical (unpaired) electrons. The van der Waals surface area contributed by atoms with Gasteiger partial charge in [-0.2, -0.15) is 0 Å². The number of nitrogens with one attached hydrogen (secondary N) is 2. The number of rotatable bonds is 8. The van der Waals surface area contributed by atoms with E-state index in [1.54, 1.807) is 12.1 Å². The van der Waals surface area contributed by atoms with Gasteiger partial charge in [0.15, 0.2) is 0 Å². The van der Waals surface area contributed by atoms with E-state index in [1.807, 2.05) is 0 Å². The zero-order chi connectivity index (χ0) is 24.2. The maximum Gasteiger partial charge on any atom is 0.261 e. The van der Waals surface area contributed by atoms with Gasteiger partial charge in [-0.25, -0.2) is 21.2 Å². The number of anilines is 3. The number of carbonyl (C=O) groups excluding carboxylic acids is 1. The Kier molecular flexibility index (Phi) is 7.25. The van der Waals surface area contributed by atoms with Gasteiger partial charge in [0.2, 0.25) is 15.9 Å². The van der Waals surface area contributed by atoms with E-state index in [0.29, 0.717) is 5.02 Å². The van der Waals surface area contributed by atoms with Crippen molar-refractivity contribution in [3.8, 4) is 0 Å². The van der Waals surface area contributed by atoms with E-state index < -0.39 is 38.3 Å². The van der Waals surface area contributed by atoms with Gasteiger partial charge in [0.25, 0.3) is 10.0 Å². The number of hydrogen-bond donors (Lipinski definition) is 2. The molecular weight excluding hydrogens is 493 g/mol. The van der Waals surface area contributed by atoms with Crippen molar-refractivity contribution in [1.29, 1.82) is 0 Å². The van der Waals surface area contributed by atoms with Gasteiger partial charge in [-0.3, -0.25) is 13.8 Å². The first-order valence-corrected chi connectivity index (χ1v) is 13.1. The maximum absolute atomic E-state index is 13.0. The molecule has 0 aromatic heterocycles. The predicted octanol–water partition coefficient (Wildman–Crippen LogP) is 3.68. The molecule has 0 aliphatic heterocycles. The van der Waals surface area contributed by atoms with Crippen LogP contribution in [0.3, 0.4) is 0 Å². The average molecular weight is 512 g/mol. The van der Waals surface area contributed by atoms with Crippen LogP contribution in [0.4, 0.5) is 21.5 Å². The standard InChI is InChI=1S/C21H19ClFN3O5S2/c1-32(28,29)26(19-4-2-3-15(22)13-19)14-21(27)24-17-9-11-20(12-10-17)33(30,31)25-18-7-5-16(23)6-8-18/h2-13,25H,14H2,1H3,(H,24,27). The van der Waals surface area contributed by atoms with E-state index in [4.69, 9.17) is 11.6 Å². The molecule has 0 aliphatic rings. The van der Waals surface area contributed by atoms with Gasteiger partial charge < -0.3 is 5.32 Å². The Balaban J connectivity index is 1.70. The Labute approximate surface area is 196 Å². The lowest BCUT2D eigenvalue weighted by Crippen LogP contribution is -2.37. The van der Waals surface area contributed by atoms with E-state index in [0.717, 1.165) is 22.7 Å². The van der Waals surface area contributed by atoms with Crippen LogP contribution in [-0.2, 0) is 24.8 Å². The van der Waals surface area contributed by atoms with Crippen LogP contribution in [0.25, 0.3) is 0 Å². The molecule has 1 amide bonds. The number of halogens is 2. The van der Waals surface area contributed by atoms with Crippen molar-refractivity contribution in [2.45, 2.75) is 4.90 Å². The van der Waals surface area contributed by atoms with Gasteiger partial charge in [0, 0.05) is 16.4 Å². The minimum absolute atomic E-state index is 0.0819. The lowest BCUT2D eigenvalue weighted by atomic mass is 10.3. The Morgan fingerprint density at radius 3 is 2.12 bits per heavy atom. The normalized spacial score (nSPS) is 11.6. The quantitative estimate of drug-likeness (QED) is 0.479. The third kappa shape index (κ3) is 6.67. The molecule has 12 heteroatoms. The largest absolute Gasteiger partial charge is 0.325 e. The molecule has 0 spiro atoms. The van der Waals surface area contributed by atoms with Crippen molar-refractivity contribution in [2.24, 2.45) is 0 Å². The second-order valence-electron chi connectivity index (χ2n) is 6.93. The van der Waals surface area contributed by atoms with Crippen molar-refractivity contribution in [3.63, 3.8) is 0 Å². The molecule has 0 saturated carbocycles. The summed E-state index contributed by atoms with van der Waals surface area (Å²) in [5.41, 5.74) is 0.685. The molecular formula is C21H19ClFN3O5S2. The summed E-state index contributed by atoms with van der Waals surface area (Å²) in [4.78, 5) is 12.4. The summed E-state index contributed by atoms with van der Waals surface area (Å²) < 4.78 is 65.5. The molecule has 2 N–H and O–H groups in total. The summed E-state index contributed by atoms with van der Waals surface area (Å²) in [6.07, 6.45) is 0.967. The molecule has 0 bridgehead atoms.